The number of benzene rings is 1. The van der Waals surface area contributed by atoms with Gasteiger partial charge in [0.05, 0.1) is 10.0 Å². The Labute approximate surface area is 111 Å². The predicted octanol–water partition coefficient (Wildman–Crippen LogP) is 2.82. The highest BCUT2D eigenvalue weighted by molar-refractivity contribution is 9.10. The molecule has 18 heavy (non-hydrogen) atoms. The van der Waals surface area contributed by atoms with E-state index in [1.165, 1.54) is 30.5 Å². The van der Waals surface area contributed by atoms with Crippen LogP contribution in [0.15, 0.2) is 41.0 Å². The molecule has 0 aliphatic rings. The van der Waals surface area contributed by atoms with Gasteiger partial charge in [0.25, 0.3) is 5.91 Å². The molecule has 0 fully saturated rings. The van der Waals surface area contributed by atoms with Crippen molar-refractivity contribution in [3.8, 4) is 0 Å². The fourth-order valence-corrected chi connectivity index (χ4v) is 1.70. The minimum Gasteiger partial charge on any atom is -0.384 e. The molecule has 92 valence electrons. The zero-order valence-electron chi connectivity index (χ0n) is 9.15. The first-order valence-electron chi connectivity index (χ1n) is 5.04. The molecule has 0 spiro atoms. The summed E-state index contributed by atoms with van der Waals surface area (Å²) >= 11 is 3.05. The Morgan fingerprint density at radius 1 is 1.33 bits per heavy atom. The lowest BCUT2D eigenvalue weighted by atomic mass is 10.2. The van der Waals surface area contributed by atoms with Gasteiger partial charge in [0.2, 0.25) is 0 Å². The molecule has 3 N–H and O–H groups in total. The first-order chi connectivity index (χ1) is 8.56. The van der Waals surface area contributed by atoms with Crippen LogP contribution in [0.4, 0.5) is 15.9 Å². The van der Waals surface area contributed by atoms with Crippen molar-refractivity contribution in [2.75, 3.05) is 11.1 Å². The third kappa shape index (κ3) is 2.84. The molecule has 0 aliphatic carbocycles. The van der Waals surface area contributed by atoms with E-state index in [1.807, 2.05) is 0 Å². The molecule has 0 bridgehead atoms. The van der Waals surface area contributed by atoms with Crippen LogP contribution in [-0.2, 0) is 0 Å². The Bertz CT molecular complexity index is 586. The van der Waals surface area contributed by atoms with Crippen molar-refractivity contribution in [3.63, 3.8) is 0 Å². The molecule has 1 aromatic carbocycles. The third-order valence-electron chi connectivity index (χ3n) is 2.23. The zero-order chi connectivity index (χ0) is 13.1. The van der Waals surface area contributed by atoms with Gasteiger partial charge in [0, 0.05) is 11.9 Å². The van der Waals surface area contributed by atoms with Gasteiger partial charge < -0.3 is 11.1 Å². The standard InChI is InChI=1S/C12H9BrFN3O/c13-9-5-8(2-3-10(9)14)17-12(18)7-1-4-11(15)16-6-7/h1-6H,(H2,15,16)(H,17,18). The lowest BCUT2D eigenvalue weighted by Gasteiger charge is -2.06. The number of amides is 1. The average Bonchev–Trinajstić information content (AvgIpc) is 2.34. The van der Waals surface area contributed by atoms with Crippen molar-refractivity contribution < 1.29 is 9.18 Å². The van der Waals surface area contributed by atoms with Crippen molar-refractivity contribution in [1.29, 1.82) is 0 Å². The molecule has 2 rings (SSSR count). The van der Waals surface area contributed by atoms with Gasteiger partial charge in [0.1, 0.15) is 11.6 Å². The highest BCUT2D eigenvalue weighted by Crippen LogP contribution is 2.20. The highest BCUT2D eigenvalue weighted by atomic mass is 79.9. The summed E-state index contributed by atoms with van der Waals surface area (Å²) in [6.07, 6.45) is 1.38. The number of carbonyl (C=O) groups excluding carboxylic acids is 1. The predicted molar refractivity (Wildman–Crippen MR) is 70.7 cm³/mol. The van der Waals surface area contributed by atoms with Crippen molar-refractivity contribution in [2.45, 2.75) is 0 Å². The molecule has 1 heterocycles. The van der Waals surface area contributed by atoms with Gasteiger partial charge in [-0.15, -0.1) is 0 Å². The van der Waals surface area contributed by atoms with Crippen LogP contribution in [-0.4, -0.2) is 10.9 Å². The van der Waals surface area contributed by atoms with Gasteiger partial charge >= 0.3 is 0 Å². The molecule has 2 aromatic rings. The van der Waals surface area contributed by atoms with Gasteiger partial charge in [-0.1, -0.05) is 0 Å². The number of halogens is 2. The fourth-order valence-electron chi connectivity index (χ4n) is 1.32. The summed E-state index contributed by atoms with van der Waals surface area (Å²) in [5.41, 5.74) is 6.30. The number of pyridine rings is 1. The van der Waals surface area contributed by atoms with Crippen LogP contribution in [0, 0.1) is 5.82 Å². The second-order valence-corrected chi connectivity index (χ2v) is 4.41. The first-order valence-corrected chi connectivity index (χ1v) is 5.83. The maximum Gasteiger partial charge on any atom is 0.257 e. The van der Waals surface area contributed by atoms with Crippen LogP contribution in [0.3, 0.4) is 0 Å². The largest absolute Gasteiger partial charge is 0.384 e. The number of nitrogens with zero attached hydrogens (tertiary/aromatic N) is 1. The number of nitrogen functional groups attached to an aromatic ring is 1. The maximum atomic E-state index is 13.0. The Morgan fingerprint density at radius 2 is 2.11 bits per heavy atom. The summed E-state index contributed by atoms with van der Waals surface area (Å²) in [7, 11) is 0. The van der Waals surface area contributed by atoms with Crippen molar-refractivity contribution in [2.24, 2.45) is 0 Å². The number of nitrogens with one attached hydrogen (secondary N) is 1. The average molecular weight is 310 g/mol. The van der Waals surface area contributed by atoms with Crippen molar-refractivity contribution in [3.05, 3.63) is 52.4 Å². The summed E-state index contributed by atoms with van der Waals surface area (Å²) in [5, 5.41) is 2.63. The lowest BCUT2D eigenvalue weighted by Crippen LogP contribution is -2.12. The molecule has 1 aromatic heterocycles. The van der Waals surface area contributed by atoms with Crippen molar-refractivity contribution in [1.82, 2.24) is 4.98 Å². The van der Waals surface area contributed by atoms with Crippen LogP contribution >= 0.6 is 15.9 Å². The first kappa shape index (κ1) is 12.5. The zero-order valence-corrected chi connectivity index (χ0v) is 10.7. The molecule has 4 nitrogen and oxygen atoms in total. The Hall–Kier alpha value is -1.95. The number of rotatable bonds is 2. The van der Waals surface area contributed by atoms with E-state index in [4.69, 9.17) is 5.73 Å². The second kappa shape index (κ2) is 5.14. The summed E-state index contributed by atoms with van der Waals surface area (Å²) in [6.45, 7) is 0. The molecule has 0 unspecified atom stereocenters. The molecule has 0 aliphatic heterocycles. The molecular weight excluding hydrogens is 301 g/mol. The number of hydrogen-bond acceptors (Lipinski definition) is 3. The van der Waals surface area contributed by atoms with E-state index >= 15 is 0 Å². The highest BCUT2D eigenvalue weighted by Gasteiger charge is 2.07. The Morgan fingerprint density at radius 3 is 2.72 bits per heavy atom. The van der Waals surface area contributed by atoms with Gasteiger partial charge in [-0.05, 0) is 46.3 Å². The maximum absolute atomic E-state index is 13.0. The number of carbonyl (C=O) groups is 1. The van der Waals surface area contributed by atoms with Gasteiger partial charge in [-0.25, -0.2) is 9.37 Å². The molecule has 6 heteroatoms. The summed E-state index contributed by atoms with van der Waals surface area (Å²) in [6, 6.07) is 7.33. The van der Waals surface area contributed by atoms with Gasteiger partial charge in [0.15, 0.2) is 0 Å². The van der Waals surface area contributed by atoms with E-state index in [0.29, 0.717) is 17.1 Å². The van der Waals surface area contributed by atoms with Crippen LogP contribution in [0.1, 0.15) is 10.4 Å². The van der Waals surface area contributed by atoms with Crippen LogP contribution in [0.5, 0.6) is 0 Å². The van der Waals surface area contributed by atoms with Gasteiger partial charge in [-0.2, -0.15) is 0 Å². The minimum absolute atomic E-state index is 0.288. The van der Waals surface area contributed by atoms with E-state index < -0.39 is 0 Å². The third-order valence-corrected chi connectivity index (χ3v) is 2.83. The quantitative estimate of drug-likeness (QED) is 0.896. The molecule has 0 saturated heterocycles. The lowest BCUT2D eigenvalue weighted by molar-refractivity contribution is 0.102. The molecule has 0 saturated carbocycles. The van der Waals surface area contributed by atoms with E-state index in [-0.39, 0.29) is 16.2 Å². The van der Waals surface area contributed by atoms with E-state index in [0.717, 1.165) is 0 Å². The van der Waals surface area contributed by atoms with E-state index in [9.17, 15) is 9.18 Å². The Balaban J connectivity index is 2.16. The van der Waals surface area contributed by atoms with Crippen LogP contribution < -0.4 is 11.1 Å². The molecular formula is C12H9BrFN3O. The monoisotopic (exact) mass is 309 g/mol. The molecule has 0 atom stereocenters. The van der Waals surface area contributed by atoms with Crippen LogP contribution in [0.2, 0.25) is 0 Å². The summed E-state index contributed by atoms with van der Waals surface area (Å²) in [5.74, 6) is -0.376. The smallest absolute Gasteiger partial charge is 0.257 e. The normalized spacial score (nSPS) is 10.1. The SMILES string of the molecule is Nc1ccc(C(=O)Nc2ccc(F)c(Br)c2)cn1. The minimum atomic E-state index is -0.387. The van der Waals surface area contributed by atoms with E-state index in [2.05, 4.69) is 26.2 Å². The number of hydrogen-bond donors (Lipinski definition) is 2. The van der Waals surface area contributed by atoms with Gasteiger partial charge in [-0.3, -0.25) is 4.79 Å². The second-order valence-electron chi connectivity index (χ2n) is 3.55. The fraction of sp³-hybridized carbons (Fsp3) is 0. The van der Waals surface area contributed by atoms with Crippen molar-refractivity contribution >= 4 is 33.3 Å². The van der Waals surface area contributed by atoms with E-state index in [1.54, 1.807) is 6.07 Å². The molecule has 0 radical (unpaired) electrons. The number of anilines is 2. The summed E-state index contributed by atoms with van der Waals surface area (Å²) < 4.78 is 13.3. The number of aromatic nitrogens is 1. The molecule has 1 amide bonds. The topological polar surface area (TPSA) is 68.0 Å². The Kier molecular flexibility index (Phi) is 3.57. The summed E-state index contributed by atoms with van der Waals surface area (Å²) in [4.78, 5) is 15.6. The van der Waals surface area contributed by atoms with Crippen LogP contribution in [0.25, 0.3) is 0 Å². The number of nitrogens with two attached hydrogens (primary N) is 1.